The summed E-state index contributed by atoms with van der Waals surface area (Å²) in [5.74, 6) is -0.418. The molecule has 4 nitrogen and oxygen atoms in total. The molecule has 6 heteroatoms. The summed E-state index contributed by atoms with van der Waals surface area (Å²) in [5, 5.41) is 1.73. The highest BCUT2D eigenvalue weighted by Gasteiger charge is 2.27. The van der Waals surface area contributed by atoms with E-state index in [-0.39, 0.29) is 11.8 Å². The van der Waals surface area contributed by atoms with Gasteiger partial charge in [-0.15, -0.1) is 0 Å². The van der Waals surface area contributed by atoms with Gasteiger partial charge in [0.15, 0.2) is 9.84 Å². The van der Waals surface area contributed by atoms with E-state index in [2.05, 4.69) is 21.2 Å². The molecule has 0 aliphatic heterocycles. The summed E-state index contributed by atoms with van der Waals surface area (Å²) in [6, 6.07) is 7.32. The van der Waals surface area contributed by atoms with Gasteiger partial charge < -0.3 is 5.32 Å². The van der Waals surface area contributed by atoms with Crippen molar-refractivity contribution in [3.05, 3.63) is 34.3 Å². The summed E-state index contributed by atoms with van der Waals surface area (Å²) in [6.07, 6.45) is 0.515. The Labute approximate surface area is 129 Å². The Morgan fingerprint density at radius 1 is 1.35 bits per heavy atom. The molecule has 1 aromatic rings. The van der Waals surface area contributed by atoms with Gasteiger partial charge in [-0.3, -0.25) is 4.79 Å². The van der Waals surface area contributed by atoms with E-state index in [1.165, 1.54) is 6.92 Å². The molecule has 1 N–H and O–H groups in total. The fourth-order valence-electron chi connectivity index (χ4n) is 1.81. The molecule has 0 aromatic heterocycles. The molecular weight excluding hydrogens is 342 g/mol. The molecule has 0 saturated heterocycles. The molecule has 20 heavy (non-hydrogen) atoms. The monoisotopic (exact) mass is 361 g/mol. The minimum atomic E-state index is -3.37. The minimum absolute atomic E-state index is 0.0346. The molecule has 0 saturated carbocycles. The maximum absolute atomic E-state index is 12.0. The Hall–Kier alpha value is -0.880. The summed E-state index contributed by atoms with van der Waals surface area (Å²) in [4.78, 5) is 12.0. The van der Waals surface area contributed by atoms with E-state index in [9.17, 15) is 13.2 Å². The van der Waals surface area contributed by atoms with Crippen LogP contribution in [0.1, 0.15) is 38.8 Å². The lowest BCUT2D eigenvalue weighted by Gasteiger charge is -2.18. The summed E-state index contributed by atoms with van der Waals surface area (Å²) >= 11 is 3.37. The van der Waals surface area contributed by atoms with Gasteiger partial charge in [0.25, 0.3) is 0 Å². The van der Waals surface area contributed by atoms with Crippen molar-refractivity contribution in [2.45, 2.75) is 38.5 Å². The number of amides is 1. The Bertz CT molecular complexity index is 572. The second kappa shape index (κ2) is 7.22. The van der Waals surface area contributed by atoms with Crippen molar-refractivity contribution in [1.29, 1.82) is 0 Å². The molecule has 1 amide bonds. The SMILES string of the molecule is CCCS(=O)(=O)C(C)C(=O)NC(C)c1cccc(Br)c1. The van der Waals surface area contributed by atoms with Gasteiger partial charge >= 0.3 is 0 Å². The highest BCUT2D eigenvalue weighted by Crippen LogP contribution is 2.18. The smallest absolute Gasteiger partial charge is 0.238 e. The Morgan fingerprint density at radius 2 is 2.00 bits per heavy atom. The molecule has 2 unspecified atom stereocenters. The van der Waals surface area contributed by atoms with Crippen molar-refractivity contribution in [2.24, 2.45) is 0 Å². The summed E-state index contributed by atoms with van der Waals surface area (Å²) in [7, 11) is -3.37. The van der Waals surface area contributed by atoms with Crippen LogP contribution in [0.25, 0.3) is 0 Å². The molecule has 0 fully saturated rings. The first-order valence-electron chi connectivity index (χ1n) is 6.55. The van der Waals surface area contributed by atoms with Crippen molar-refractivity contribution in [3.63, 3.8) is 0 Å². The van der Waals surface area contributed by atoms with E-state index in [0.29, 0.717) is 6.42 Å². The number of carbonyl (C=O) groups is 1. The number of hydrogen-bond acceptors (Lipinski definition) is 3. The zero-order valence-corrected chi connectivity index (χ0v) is 14.3. The van der Waals surface area contributed by atoms with Gasteiger partial charge in [-0.25, -0.2) is 8.42 Å². The normalized spacial score (nSPS) is 14.6. The van der Waals surface area contributed by atoms with Crippen LogP contribution >= 0.6 is 15.9 Å². The number of benzene rings is 1. The van der Waals surface area contributed by atoms with Gasteiger partial charge in [0.1, 0.15) is 5.25 Å². The van der Waals surface area contributed by atoms with Gasteiger partial charge in [0.2, 0.25) is 5.91 Å². The maximum atomic E-state index is 12.0. The first-order valence-corrected chi connectivity index (χ1v) is 9.06. The fraction of sp³-hybridized carbons (Fsp3) is 0.500. The van der Waals surface area contributed by atoms with Crippen LogP contribution in [0.4, 0.5) is 0 Å². The van der Waals surface area contributed by atoms with Gasteiger partial charge in [-0.05, 0) is 38.0 Å². The van der Waals surface area contributed by atoms with Crippen LogP contribution in [0.5, 0.6) is 0 Å². The molecular formula is C14H20BrNO3S. The second-order valence-electron chi connectivity index (χ2n) is 4.79. The van der Waals surface area contributed by atoms with Gasteiger partial charge in [-0.1, -0.05) is 35.0 Å². The highest BCUT2D eigenvalue weighted by molar-refractivity contribution is 9.10. The van der Waals surface area contributed by atoms with Gasteiger partial charge in [0.05, 0.1) is 11.8 Å². The largest absolute Gasteiger partial charge is 0.348 e. The molecule has 1 rings (SSSR count). The number of halogens is 1. The zero-order chi connectivity index (χ0) is 15.3. The van der Waals surface area contributed by atoms with Crippen LogP contribution in [0.3, 0.4) is 0 Å². The van der Waals surface area contributed by atoms with E-state index in [4.69, 9.17) is 0 Å². The first-order chi connectivity index (χ1) is 9.27. The fourth-order valence-corrected chi connectivity index (χ4v) is 3.55. The van der Waals surface area contributed by atoms with E-state index in [1.807, 2.05) is 31.2 Å². The van der Waals surface area contributed by atoms with E-state index in [1.54, 1.807) is 6.92 Å². The second-order valence-corrected chi connectivity index (χ2v) is 8.15. The number of nitrogens with one attached hydrogen (secondary N) is 1. The Kier molecular flexibility index (Phi) is 6.20. The van der Waals surface area contributed by atoms with Crippen LogP contribution in [-0.2, 0) is 14.6 Å². The van der Waals surface area contributed by atoms with Crippen molar-refractivity contribution in [3.8, 4) is 0 Å². The topological polar surface area (TPSA) is 63.2 Å². The molecule has 1 aromatic carbocycles. The number of sulfone groups is 1. The maximum Gasteiger partial charge on any atom is 0.238 e. The Balaban J connectivity index is 2.76. The average Bonchev–Trinajstić information content (AvgIpc) is 2.37. The van der Waals surface area contributed by atoms with Crippen molar-refractivity contribution >= 4 is 31.7 Å². The quantitative estimate of drug-likeness (QED) is 0.847. The zero-order valence-electron chi connectivity index (χ0n) is 11.9. The lowest BCUT2D eigenvalue weighted by atomic mass is 10.1. The molecule has 0 aliphatic rings. The average molecular weight is 362 g/mol. The van der Waals surface area contributed by atoms with E-state index in [0.717, 1.165) is 10.0 Å². The van der Waals surface area contributed by atoms with Crippen LogP contribution in [0.2, 0.25) is 0 Å². The molecule has 0 heterocycles. The third-order valence-corrected chi connectivity index (χ3v) is 5.87. The first kappa shape index (κ1) is 17.2. The molecule has 112 valence electrons. The number of rotatable bonds is 6. The van der Waals surface area contributed by atoms with Crippen molar-refractivity contribution < 1.29 is 13.2 Å². The molecule has 0 bridgehead atoms. The third kappa shape index (κ3) is 4.59. The third-order valence-electron chi connectivity index (χ3n) is 3.10. The van der Waals surface area contributed by atoms with Crippen molar-refractivity contribution in [1.82, 2.24) is 5.32 Å². The summed E-state index contributed by atoms with van der Waals surface area (Å²) in [5.41, 5.74) is 0.924. The number of hydrogen-bond donors (Lipinski definition) is 1. The van der Waals surface area contributed by atoms with Crippen LogP contribution < -0.4 is 5.32 Å². The van der Waals surface area contributed by atoms with Gasteiger partial charge in [0, 0.05) is 4.47 Å². The van der Waals surface area contributed by atoms with Crippen LogP contribution in [0.15, 0.2) is 28.7 Å². The number of carbonyl (C=O) groups excluding carboxylic acids is 1. The molecule has 0 spiro atoms. The molecule has 0 radical (unpaired) electrons. The van der Waals surface area contributed by atoms with Crippen LogP contribution in [0, 0.1) is 0 Å². The van der Waals surface area contributed by atoms with Crippen molar-refractivity contribution in [2.75, 3.05) is 5.75 Å². The van der Waals surface area contributed by atoms with E-state index < -0.39 is 21.0 Å². The van der Waals surface area contributed by atoms with Gasteiger partial charge in [-0.2, -0.15) is 0 Å². The highest BCUT2D eigenvalue weighted by atomic mass is 79.9. The molecule has 2 atom stereocenters. The lowest BCUT2D eigenvalue weighted by molar-refractivity contribution is -0.121. The molecule has 0 aliphatic carbocycles. The Morgan fingerprint density at radius 3 is 2.55 bits per heavy atom. The summed E-state index contributed by atoms with van der Waals surface area (Å²) < 4.78 is 24.7. The lowest BCUT2D eigenvalue weighted by Crippen LogP contribution is -2.40. The predicted molar refractivity (Wildman–Crippen MR) is 84.2 cm³/mol. The summed E-state index contributed by atoms with van der Waals surface area (Å²) in [6.45, 7) is 5.05. The van der Waals surface area contributed by atoms with E-state index >= 15 is 0 Å². The standard InChI is InChI=1S/C14H20BrNO3S/c1-4-8-20(18,19)11(3)14(17)16-10(2)12-6-5-7-13(15)9-12/h5-7,9-11H,4,8H2,1-3H3,(H,16,17). The van der Waals surface area contributed by atoms with Crippen LogP contribution in [-0.4, -0.2) is 25.3 Å². The minimum Gasteiger partial charge on any atom is -0.348 e. The predicted octanol–water partition coefficient (Wildman–Crippen LogP) is 2.84.